The van der Waals surface area contributed by atoms with Crippen LogP contribution in [-0.4, -0.2) is 28.1 Å². The minimum absolute atomic E-state index is 0.160. The Hall–Kier alpha value is -2.30. The molecule has 0 bridgehead atoms. The van der Waals surface area contributed by atoms with E-state index in [4.69, 9.17) is 5.73 Å². The number of benzene rings is 1. The minimum atomic E-state index is -0.160. The largest absolute Gasteiger partial charge is 0.395 e. The smallest absolute Gasteiger partial charge is 0.276 e. The van der Waals surface area contributed by atoms with Gasteiger partial charge >= 0.3 is 0 Å². The Morgan fingerprint density at radius 3 is 2.62 bits per heavy atom. The van der Waals surface area contributed by atoms with E-state index in [0.717, 1.165) is 24.1 Å². The molecule has 1 amide bonds. The molecule has 0 saturated carbocycles. The average molecular weight is 286 g/mol. The van der Waals surface area contributed by atoms with Crippen molar-refractivity contribution in [2.75, 3.05) is 12.8 Å². The van der Waals surface area contributed by atoms with Gasteiger partial charge in [-0.25, -0.2) is 0 Å². The van der Waals surface area contributed by atoms with Gasteiger partial charge in [0.25, 0.3) is 5.91 Å². The second-order valence-corrected chi connectivity index (χ2v) is 5.36. The number of amides is 1. The number of carbonyl (C=O) groups is 1. The molecule has 5 nitrogen and oxygen atoms in total. The normalized spacial score (nSPS) is 10.6. The molecule has 0 aliphatic rings. The van der Waals surface area contributed by atoms with E-state index in [2.05, 4.69) is 17.1 Å². The number of nitrogens with two attached hydrogens (primary N) is 1. The molecular formula is C16H22N4O. The lowest BCUT2D eigenvalue weighted by Gasteiger charge is -2.16. The van der Waals surface area contributed by atoms with Crippen molar-refractivity contribution >= 4 is 11.6 Å². The number of aryl methyl sites for hydroxylation is 2. The van der Waals surface area contributed by atoms with Crippen molar-refractivity contribution in [1.82, 2.24) is 15.1 Å². The lowest BCUT2D eigenvalue weighted by atomic mass is 10.1. The number of hydrogen-bond acceptors (Lipinski definition) is 3. The average Bonchev–Trinajstić information content (AvgIpc) is 2.82. The highest BCUT2D eigenvalue weighted by Crippen LogP contribution is 2.18. The molecule has 21 heavy (non-hydrogen) atoms. The van der Waals surface area contributed by atoms with Crippen LogP contribution in [0.25, 0.3) is 0 Å². The molecule has 1 aromatic heterocycles. The molecule has 112 valence electrons. The fourth-order valence-corrected chi connectivity index (χ4v) is 2.21. The summed E-state index contributed by atoms with van der Waals surface area (Å²) in [5.74, 6) is -0.160. The third-order valence-corrected chi connectivity index (χ3v) is 3.47. The third-order valence-electron chi connectivity index (χ3n) is 3.47. The number of nitrogen functional groups attached to an aromatic ring is 1. The summed E-state index contributed by atoms with van der Waals surface area (Å²) in [6.45, 7) is 4.64. The maximum Gasteiger partial charge on any atom is 0.276 e. The highest BCUT2D eigenvalue weighted by molar-refractivity contribution is 5.97. The molecule has 1 aromatic carbocycles. The zero-order chi connectivity index (χ0) is 15.4. The summed E-state index contributed by atoms with van der Waals surface area (Å²) < 4.78 is 0. The second-order valence-electron chi connectivity index (χ2n) is 5.36. The number of nitrogens with zero attached hydrogens (tertiary/aromatic N) is 2. The number of nitrogens with one attached hydrogen (secondary N) is 1. The van der Waals surface area contributed by atoms with Gasteiger partial charge in [0.15, 0.2) is 5.69 Å². The number of hydrogen-bond donors (Lipinski definition) is 2. The molecule has 0 radical (unpaired) electrons. The third kappa shape index (κ3) is 3.42. The highest BCUT2D eigenvalue weighted by Gasteiger charge is 2.20. The van der Waals surface area contributed by atoms with Crippen LogP contribution in [0.2, 0.25) is 0 Å². The summed E-state index contributed by atoms with van der Waals surface area (Å²) in [6.07, 6.45) is 1.76. The van der Waals surface area contributed by atoms with Crippen molar-refractivity contribution in [1.29, 1.82) is 0 Å². The summed E-state index contributed by atoms with van der Waals surface area (Å²) in [6, 6.07) is 8.12. The van der Waals surface area contributed by atoms with Crippen LogP contribution in [0.15, 0.2) is 24.3 Å². The van der Waals surface area contributed by atoms with E-state index in [-0.39, 0.29) is 5.91 Å². The van der Waals surface area contributed by atoms with Crippen molar-refractivity contribution in [3.05, 3.63) is 46.8 Å². The molecule has 1 heterocycles. The van der Waals surface area contributed by atoms with Gasteiger partial charge < -0.3 is 10.6 Å². The number of H-pyrrole nitrogens is 1. The SMILES string of the molecule is CCCc1[nH]nc(C(=O)N(C)Cc2ccc(C)cc2)c1N. The summed E-state index contributed by atoms with van der Waals surface area (Å²) in [4.78, 5) is 14.0. The summed E-state index contributed by atoms with van der Waals surface area (Å²) >= 11 is 0. The predicted molar refractivity (Wildman–Crippen MR) is 84.0 cm³/mol. The maximum atomic E-state index is 12.4. The van der Waals surface area contributed by atoms with Crippen molar-refractivity contribution in [3.63, 3.8) is 0 Å². The fraction of sp³-hybridized carbons (Fsp3) is 0.375. The highest BCUT2D eigenvalue weighted by atomic mass is 16.2. The van der Waals surface area contributed by atoms with Gasteiger partial charge in [-0.1, -0.05) is 43.2 Å². The van der Waals surface area contributed by atoms with Gasteiger partial charge in [-0.3, -0.25) is 9.89 Å². The Morgan fingerprint density at radius 1 is 1.33 bits per heavy atom. The molecule has 0 saturated heterocycles. The Bertz CT molecular complexity index is 616. The zero-order valence-electron chi connectivity index (χ0n) is 12.8. The predicted octanol–water partition coefficient (Wildman–Crippen LogP) is 2.53. The molecule has 0 aliphatic carbocycles. The van der Waals surface area contributed by atoms with Crippen molar-refractivity contribution in [3.8, 4) is 0 Å². The van der Waals surface area contributed by atoms with Crippen LogP contribution in [0.4, 0.5) is 5.69 Å². The first-order valence-electron chi connectivity index (χ1n) is 7.16. The summed E-state index contributed by atoms with van der Waals surface area (Å²) in [7, 11) is 1.76. The van der Waals surface area contributed by atoms with Crippen molar-refractivity contribution in [2.24, 2.45) is 0 Å². The van der Waals surface area contributed by atoms with E-state index in [9.17, 15) is 4.79 Å². The molecule has 0 unspecified atom stereocenters. The summed E-state index contributed by atoms with van der Waals surface area (Å²) in [5.41, 5.74) is 9.91. The van der Waals surface area contributed by atoms with E-state index < -0.39 is 0 Å². The van der Waals surface area contributed by atoms with Crippen LogP contribution in [0.3, 0.4) is 0 Å². The quantitative estimate of drug-likeness (QED) is 0.887. The molecule has 0 spiro atoms. The molecule has 0 atom stereocenters. The Kier molecular flexibility index (Phi) is 4.62. The van der Waals surface area contributed by atoms with Crippen LogP contribution in [0, 0.1) is 6.92 Å². The topological polar surface area (TPSA) is 75.0 Å². The molecular weight excluding hydrogens is 264 g/mol. The first-order chi connectivity index (χ1) is 10.0. The first kappa shape index (κ1) is 15.1. The van der Waals surface area contributed by atoms with Crippen molar-refractivity contribution < 1.29 is 4.79 Å². The Labute approximate surface area is 125 Å². The van der Waals surface area contributed by atoms with Gasteiger partial charge in [-0.2, -0.15) is 5.10 Å². The van der Waals surface area contributed by atoms with Crippen LogP contribution in [0.5, 0.6) is 0 Å². The molecule has 5 heteroatoms. The Balaban J connectivity index is 2.10. The second kappa shape index (κ2) is 6.43. The van der Waals surface area contributed by atoms with Gasteiger partial charge in [0, 0.05) is 13.6 Å². The van der Waals surface area contributed by atoms with Gasteiger partial charge in [-0.05, 0) is 18.9 Å². The van der Waals surface area contributed by atoms with Gasteiger partial charge in [-0.15, -0.1) is 0 Å². The number of aromatic nitrogens is 2. The Morgan fingerprint density at radius 2 is 2.00 bits per heavy atom. The fourth-order valence-electron chi connectivity index (χ4n) is 2.21. The number of carbonyl (C=O) groups excluding carboxylic acids is 1. The first-order valence-corrected chi connectivity index (χ1v) is 7.16. The van der Waals surface area contributed by atoms with Crippen LogP contribution in [0.1, 0.15) is 40.7 Å². The molecule has 3 N–H and O–H groups in total. The van der Waals surface area contributed by atoms with Gasteiger partial charge in [0.05, 0.1) is 11.4 Å². The van der Waals surface area contributed by atoms with Crippen LogP contribution >= 0.6 is 0 Å². The minimum Gasteiger partial charge on any atom is -0.395 e. The van der Waals surface area contributed by atoms with E-state index in [1.165, 1.54) is 5.56 Å². The molecule has 2 aromatic rings. The lowest BCUT2D eigenvalue weighted by molar-refractivity contribution is 0.0780. The number of rotatable bonds is 5. The molecule has 2 rings (SSSR count). The van der Waals surface area contributed by atoms with E-state index in [1.807, 2.05) is 31.2 Å². The van der Waals surface area contributed by atoms with Gasteiger partial charge in [0.2, 0.25) is 0 Å². The zero-order valence-corrected chi connectivity index (χ0v) is 12.8. The van der Waals surface area contributed by atoms with E-state index in [1.54, 1.807) is 11.9 Å². The number of aromatic amines is 1. The molecule has 0 fully saturated rings. The van der Waals surface area contributed by atoms with Gasteiger partial charge in [0.1, 0.15) is 0 Å². The molecule has 0 aliphatic heterocycles. The van der Waals surface area contributed by atoms with E-state index in [0.29, 0.717) is 17.9 Å². The lowest BCUT2D eigenvalue weighted by Crippen LogP contribution is -2.27. The van der Waals surface area contributed by atoms with Crippen LogP contribution < -0.4 is 5.73 Å². The standard InChI is InChI=1S/C16H22N4O/c1-4-5-13-14(17)15(19-18-13)16(21)20(3)10-12-8-6-11(2)7-9-12/h6-9H,4-5,10,17H2,1-3H3,(H,18,19). The maximum absolute atomic E-state index is 12.4. The van der Waals surface area contributed by atoms with E-state index >= 15 is 0 Å². The van der Waals surface area contributed by atoms with Crippen molar-refractivity contribution in [2.45, 2.75) is 33.2 Å². The number of anilines is 1. The monoisotopic (exact) mass is 286 g/mol. The summed E-state index contributed by atoms with van der Waals surface area (Å²) in [5, 5.41) is 6.93. The van der Waals surface area contributed by atoms with Crippen LogP contribution in [-0.2, 0) is 13.0 Å².